The van der Waals surface area contributed by atoms with Crippen LogP contribution in [0.2, 0.25) is 0 Å². The summed E-state index contributed by atoms with van der Waals surface area (Å²) in [6, 6.07) is 7.53. The molecule has 0 radical (unpaired) electrons. The van der Waals surface area contributed by atoms with Gasteiger partial charge in [-0.1, -0.05) is 6.08 Å². The molecule has 0 unspecified atom stereocenters. The first-order valence-electron chi connectivity index (χ1n) is 7.95. The molecule has 1 fully saturated rings. The summed E-state index contributed by atoms with van der Waals surface area (Å²) in [5.74, 6) is 0.576. The number of nitrogens with zero attached hydrogens (tertiary/aromatic N) is 2. The van der Waals surface area contributed by atoms with E-state index in [4.69, 9.17) is 9.47 Å². The Morgan fingerprint density at radius 1 is 1.28 bits per heavy atom. The zero-order valence-corrected chi connectivity index (χ0v) is 15.9. The van der Waals surface area contributed by atoms with E-state index in [0.717, 1.165) is 3.57 Å². The number of carbonyl (C=O) groups excluding carboxylic acids is 1. The van der Waals surface area contributed by atoms with Crippen LogP contribution in [0.3, 0.4) is 0 Å². The topological polar surface area (TPSA) is 79.3 Å². The van der Waals surface area contributed by atoms with Gasteiger partial charge in [-0.15, -0.1) is 0 Å². The van der Waals surface area contributed by atoms with Crippen LogP contribution in [0.25, 0.3) is 0 Å². The molecule has 1 aliphatic heterocycles. The van der Waals surface area contributed by atoms with Crippen LogP contribution in [0.5, 0.6) is 5.75 Å². The van der Waals surface area contributed by atoms with Crippen molar-refractivity contribution in [2.75, 3.05) is 46.0 Å². The largest absolute Gasteiger partial charge is 0.492 e. The fraction of sp³-hybridized carbons (Fsp3) is 0.412. The molecule has 7 nitrogen and oxygen atoms in total. The number of carbonyl (C=O) groups is 2. The Balaban J connectivity index is 1.75. The summed E-state index contributed by atoms with van der Waals surface area (Å²) in [4.78, 5) is 26.1. The Morgan fingerprint density at radius 2 is 1.96 bits per heavy atom. The molecule has 1 aromatic rings. The van der Waals surface area contributed by atoms with Crippen LogP contribution in [0.4, 0.5) is 4.79 Å². The molecule has 0 aromatic heterocycles. The molecule has 2 rings (SSSR count). The van der Waals surface area contributed by atoms with Gasteiger partial charge in [0.15, 0.2) is 0 Å². The molecule has 1 aromatic carbocycles. The van der Waals surface area contributed by atoms with Crippen molar-refractivity contribution < 1.29 is 24.2 Å². The molecule has 1 heterocycles. The summed E-state index contributed by atoms with van der Waals surface area (Å²) < 4.78 is 11.8. The van der Waals surface area contributed by atoms with Crippen LogP contribution >= 0.6 is 22.6 Å². The van der Waals surface area contributed by atoms with E-state index >= 15 is 0 Å². The lowest BCUT2D eigenvalue weighted by Crippen LogP contribution is -2.40. The minimum atomic E-state index is -1.05. The van der Waals surface area contributed by atoms with E-state index in [9.17, 15) is 14.7 Å². The highest BCUT2D eigenvalue weighted by molar-refractivity contribution is 14.1. The molecule has 1 N–H and O–H groups in total. The monoisotopic (exact) mass is 460 g/mol. The lowest BCUT2D eigenvalue weighted by Gasteiger charge is -2.25. The van der Waals surface area contributed by atoms with Gasteiger partial charge in [-0.2, -0.15) is 0 Å². The van der Waals surface area contributed by atoms with Crippen molar-refractivity contribution in [3.63, 3.8) is 0 Å². The number of hydrogen-bond donors (Lipinski definition) is 1. The van der Waals surface area contributed by atoms with Crippen LogP contribution in [-0.4, -0.2) is 72.9 Å². The lowest BCUT2D eigenvalue weighted by atomic mass is 10.3. The van der Waals surface area contributed by atoms with Gasteiger partial charge in [0.05, 0.1) is 19.8 Å². The van der Waals surface area contributed by atoms with Crippen LogP contribution in [0.15, 0.2) is 36.4 Å². The lowest BCUT2D eigenvalue weighted by molar-refractivity contribution is -0.130. The quantitative estimate of drug-likeness (QED) is 0.498. The van der Waals surface area contributed by atoms with Gasteiger partial charge in [0.2, 0.25) is 5.91 Å². The number of halogens is 1. The molecule has 1 saturated heterocycles. The highest BCUT2D eigenvalue weighted by atomic mass is 127. The van der Waals surface area contributed by atoms with Crippen molar-refractivity contribution in [1.29, 1.82) is 0 Å². The summed E-state index contributed by atoms with van der Waals surface area (Å²) in [5.41, 5.74) is 0. The molecule has 0 bridgehead atoms. The number of rotatable bonds is 7. The van der Waals surface area contributed by atoms with Gasteiger partial charge >= 0.3 is 6.09 Å². The predicted octanol–water partition coefficient (Wildman–Crippen LogP) is 2.07. The third-order valence-corrected chi connectivity index (χ3v) is 4.34. The van der Waals surface area contributed by atoms with Gasteiger partial charge in [0.25, 0.3) is 0 Å². The van der Waals surface area contributed by atoms with Crippen molar-refractivity contribution in [3.05, 3.63) is 40.0 Å². The van der Waals surface area contributed by atoms with E-state index in [2.05, 4.69) is 22.6 Å². The van der Waals surface area contributed by atoms with Crippen LogP contribution in [0.1, 0.15) is 0 Å². The summed E-state index contributed by atoms with van der Waals surface area (Å²) in [6.45, 7) is 2.82. The highest BCUT2D eigenvalue weighted by Crippen LogP contribution is 2.13. The van der Waals surface area contributed by atoms with Gasteiger partial charge in [-0.3, -0.25) is 4.79 Å². The first-order valence-corrected chi connectivity index (χ1v) is 9.03. The van der Waals surface area contributed by atoms with Crippen LogP contribution in [0, 0.1) is 3.57 Å². The maximum Gasteiger partial charge on any atom is 0.407 e. The van der Waals surface area contributed by atoms with Crippen LogP contribution in [-0.2, 0) is 9.53 Å². The van der Waals surface area contributed by atoms with E-state index in [1.165, 1.54) is 11.0 Å². The molecule has 25 heavy (non-hydrogen) atoms. The standard InChI is InChI=1S/C17H21IN2O5/c18-14-3-5-15(6-4-14)25-13-10-20(17(22)23)7-1-2-16(21)19-8-11-24-12-9-19/h1-6H,7-13H2,(H,22,23). The van der Waals surface area contributed by atoms with Gasteiger partial charge in [0, 0.05) is 29.3 Å². The Bertz CT molecular complexity index is 600. The van der Waals surface area contributed by atoms with E-state index in [0.29, 0.717) is 32.1 Å². The Kier molecular flexibility index (Phi) is 7.99. The van der Waals surface area contributed by atoms with Gasteiger partial charge in [-0.25, -0.2) is 4.79 Å². The van der Waals surface area contributed by atoms with Crippen molar-refractivity contribution in [1.82, 2.24) is 9.80 Å². The fourth-order valence-corrected chi connectivity index (χ4v) is 2.60. The van der Waals surface area contributed by atoms with Gasteiger partial charge < -0.3 is 24.4 Å². The van der Waals surface area contributed by atoms with Gasteiger partial charge in [0.1, 0.15) is 12.4 Å². The van der Waals surface area contributed by atoms with E-state index in [-0.39, 0.29) is 25.6 Å². The molecule has 1 aliphatic rings. The second-order valence-corrected chi connectivity index (χ2v) is 6.62. The van der Waals surface area contributed by atoms with E-state index in [1.54, 1.807) is 11.0 Å². The summed E-state index contributed by atoms with van der Waals surface area (Å²) in [7, 11) is 0. The smallest absolute Gasteiger partial charge is 0.407 e. The second-order valence-electron chi connectivity index (χ2n) is 5.37. The highest BCUT2D eigenvalue weighted by Gasteiger charge is 2.15. The molecule has 136 valence electrons. The molecule has 0 spiro atoms. The summed E-state index contributed by atoms with van der Waals surface area (Å²) in [5, 5.41) is 9.24. The fourth-order valence-electron chi connectivity index (χ4n) is 2.24. The Morgan fingerprint density at radius 3 is 2.60 bits per heavy atom. The first-order chi connectivity index (χ1) is 12.1. The first kappa shape index (κ1) is 19.5. The molecule has 2 amide bonds. The number of hydrogen-bond acceptors (Lipinski definition) is 4. The maximum atomic E-state index is 12.0. The number of benzene rings is 1. The van der Waals surface area contributed by atoms with Crippen molar-refractivity contribution in [2.24, 2.45) is 0 Å². The molecule has 8 heteroatoms. The molecule has 0 atom stereocenters. The average Bonchev–Trinajstić information content (AvgIpc) is 2.62. The van der Waals surface area contributed by atoms with Crippen LogP contribution < -0.4 is 4.74 Å². The zero-order chi connectivity index (χ0) is 18.1. The molecule has 0 aliphatic carbocycles. The van der Waals surface area contributed by atoms with E-state index in [1.807, 2.05) is 24.3 Å². The Hall–Kier alpha value is -1.81. The van der Waals surface area contributed by atoms with Crippen molar-refractivity contribution in [3.8, 4) is 5.75 Å². The van der Waals surface area contributed by atoms with Crippen molar-refractivity contribution in [2.45, 2.75) is 0 Å². The zero-order valence-electron chi connectivity index (χ0n) is 13.8. The molecular weight excluding hydrogens is 439 g/mol. The molecular formula is C17H21IN2O5. The normalized spacial score (nSPS) is 14.5. The third kappa shape index (κ3) is 6.91. The predicted molar refractivity (Wildman–Crippen MR) is 101 cm³/mol. The summed E-state index contributed by atoms with van der Waals surface area (Å²) in [6.07, 6.45) is 1.94. The average molecular weight is 460 g/mol. The Labute approximate surface area is 160 Å². The van der Waals surface area contributed by atoms with E-state index < -0.39 is 6.09 Å². The van der Waals surface area contributed by atoms with Gasteiger partial charge in [-0.05, 0) is 46.9 Å². The maximum absolute atomic E-state index is 12.0. The minimum absolute atomic E-state index is 0.122. The number of carboxylic acid groups (broad SMARTS) is 1. The third-order valence-electron chi connectivity index (χ3n) is 3.62. The second kappa shape index (κ2) is 10.2. The van der Waals surface area contributed by atoms with Crippen molar-refractivity contribution >= 4 is 34.6 Å². The minimum Gasteiger partial charge on any atom is -0.492 e. The summed E-state index contributed by atoms with van der Waals surface area (Å²) >= 11 is 2.20. The molecule has 0 saturated carbocycles. The number of amides is 2. The number of ether oxygens (including phenoxy) is 2. The SMILES string of the molecule is O=C(O)N(CC=CC(=O)N1CCOCC1)CCOc1ccc(I)cc1. The number of morpholine rings is 1.